The Morgan fingerprint density at radius 1 is 1.29 bits per heavy atom. The van der Waals surface area contributed by atoms with Gasteiger partial charge < -0.3 is 14.6 Å². The Morgan fingerprint density at radius 3 is 2.57 bits per heavy atom. The summed E-state index contributed by atoms with van der Waals surface area (Å²) in [6, 6.07) is 6.75. The molecule has 1 aromatic heterocycles. The maximum absolute atomic E-state index is 13.7. The SMILES string of the molecule is COC(=O)c1ccc(F)c(NC(=O)C(C)n2cccc2)c1. The molecule has 5 nitrogen and oxygen atoms in total. The highest BCUT2D eigenvalue weighted by atomic mass is 19.1. The number of ether oxygens (including phenoxy) is 1. The van der Waals surface area contributed by atoms with Crippen LogP contribution in [0.3, 0.4) is 0 Å². The molecule has 0 aliphatic heterocycles. The molecule has 1 N–H and O–H groups in total. The van der Waals surface area contributed by atoms with Gasteiger partial charge in [-0.2, -0.15) is 0 Å². The average molecular weight is 290 g/mol. The van der Waals surface area contributed by atoms with Crippen LogP contribution in [0, 0.1) is 5.82 Å². The van der Waals surface area contributed by atoms with Crippen molar-refractivity contribution in [1.29, 1.82) is 0 Å². The summed E-state index contributed by atoms with van der Waals surface area (Å²) in [7, 11) is 1.23. The molecule has 0 saturated heterocycles. The van der Waals surface area contributed by atoms with Crippen LogP contribution in [0.15, 0.2) is 42.7 Å². The number of benzene rings is 1. The fourth-order valence-electron chi connectivity index (χ4n) is 1.84. The number of esters is 1. The predicted molar refractivity (Wildman–Crippen MR) is 75.5 cm³/mol. The van der Waals surface area contributed by atoms with Crippen LogP contribution in [0.2, 0.25) is 0 Å². The van der Waals surface area contributed by atoms with Crippen molar-refractivity contribution in [3.63, 3.8) is 0 Å². The second-order valence-corrected chi connectivity index (χ2v) is 4.48. The number of carbonyl (C=O) groups is 2. The number of carbonyl (C=O) groups excluding carboxylic acids is 2. The van der Waals surface area contributed by atoms with Crippen molar-refractivity contribution in [2.75, 3.05) is 12.4 Å². The Morgan fingerprint density at radius 2 is 1.95 bits per heavy atom. The van der Waals surface area contributed by atoms with E-state index in [1.165, 1.54) is 19.2 Å². The molecule has 0 aliphatic carbocycles. The first kappa shape index (κ1) is 14.8. The van der Waals surface area contributed by atoms with E-state index in [4.69, 9.17) is 0 Å². The van der Waals surface area contributed by atoms with Crippen molar-refractivity contribution in [1.82, 2.24) is 4.57 Å². The van der Waals surface area contributed by atoms with Crippen LogP contribution < -0.4 is 5.32 Å². The van der Waals surface area contributed by atoms with Crippen LogP contribution in [0.1, 0.15) is 23.3 Å². The highest BCUT2D eigenvalue weighted by molar-refractivity contribution is 5.96. The standard InChI is InChI=1S/C15H15FN2O3/c1-10(18-7-3-4-8-18)14(19)17-13-9-11(15(20)21-2)5-6-12(13)16/h3-10H,1-2H3,(H,17,19). The Kier molecular flexibility index (Phi) is 4.37. The highest BCUT2D eigenvalue weighted by Gasteiger charge is 2.17. The summed E-state index contributed by atoms with van der Waals surface area (Å²) in [6.45, 7) is 1.69. The smallest absolute Gasteiger partial charge is 0.337 e. The van der Waals surface area contributed by atoms with E-state index >= 15 is 0 Å². The molecule has 0 fully saturated rings. The van der Waals surface area contributed by atoms with E-state index in [-0.39, 0.29) is 17.2 Å². The molecule has 1 amide bonds. The van der Waals surface area contributed by atoms with Crippen LogP contribution in [-0.2, 0) is 9.53 Å². The van der Waals surface area contributed by atoms with Gasteiger partial charge in [0.15, 0.2) is 0 Å². The summed E-state index contributed by atoms with van der Waals surface area (Å²) >= 11 is 0. The van der Waals surface area contributed by atoms with Gasteiger partial charge in [-0.3, -0.25) is 4.79 Å². The number of halogens is 1. The number of rotatable bonds is 4. The molecule has 1 atom stereocenters. The molecule has 1 unspecified atom stereocenters. The Balaban J connectivity index is 2.19. The third-order valence-electron chi connectivity index (χ3n) is 3.10. The summed E-state index contributed by atoms with van der Waals surface area (Å²) in [5.74, 6) is -1.59. The van der Waals surface area contributed by atoms with E-state index in [1.807, 2.05) is 0 Å². The molecule has 1 aromatic carbocycles. The molecule has 0 radical (unpaired) electrons. The van der Waals surface area contributed by atoms with Gasteiger partial charge in [0.1, 0.15) is 11.9 Å². The maximum atomic E-state index is 13.7. The maximum Gasteiger partial charge on any atom is 0.337 e. The Bertz CT molecular complexity index is 653. The Hall–Kier alpha value is -2.63. The zero-order valence-electron chi connectivity index (χ0n) is 11.7. The van der Waals surface area contributed by atoms with Crippen molar-refractivity contribution < 1.29 is 18.7 Å². The molecule has 6 heteroatoms. The van der Waals surface area contributed by atoms with Gasteiger partial charge in [-0.15, -0.1) is 0 Å². The summed E-state index contributed by atoms with van der Waals surface area (Å²) in [5, 5.41) is 2.48. The van der Waals surface area contributed by atoms with Crippen molar-refractivity contribution in [2.45, 2.75) is 13.0 Å². The lowest BCUT2D eigenvalue weighted by molar-refractivity contribution is -0.118. The molecule has 1 heterocycles. The monoisotopic (exact) mass is 290 g/mol. The van der Waals surface area contributed by atoms with Crippen LogP contribution in [0.4, 0.5) is 10.1 Å². The number of nitrogens with one attached hydrogen (secondary N) is 1. The molecule has 2 rings (SSSR count). The van der Waals surface area contributed by atoms with Gasteiger partial charge >= 0.3 is 5.97 Å². The van der Waals surface area contributed by atoms with Crippen molar-refractivity contribution in [3.05, 3.63) is 54.1 Å². The van der Waals surface area contributed by atoms with Gasteiger partial charge in [0.2, 0.25) is 5.91 Å². The van der Waals surface area contributed by atoms with Crippen LogP contribution >= 0.6 is 0 Å². The summed E-state index contributed by atoms with van der Waals surface area (Å²) in [4.78, 5) is 23.5. The van der Waals surface area contributed by atoms with Crippen molar-refractivity contribution in [2.24, 2.45) is 0 Å². The van der Waals surface area contributed by atoms with Gasteiger partial charge in [-0.05, 0) is 37.3 Å². The first-order valence-electron chi connectivity index (χ1n) is 6.34. The summed E-state index contributed by atoms with van der Waals surface area (Å²) in [6.07, 6.45) is 3.48. The van der Waals surface area contributed by atoms with Crippen LogP contribution in [0.25, 0.3) is 0 Å². The third kappa shape index (κ3) is 3.28. The van der Waals surface area contributed by atoms with Gasteiger partial charge in [-0.1, -0.05) is 0 Å². The van der Waals surface area contributed by atoms with Crippen molar-refractivity contribution >= 4 is 17.6 Å². The first-order chi connectivity index (χ1) is 10.0. The Labute approximate surface area is 121 Å². The number of hydrogen-bond acceptors (Lipinski definition) is 3. The van der Waals surface area contributed by atoms with E-state index in [0.29, 0.717) is 0 Å². The first-order valence-corrected chi connectivity index (χ1v) is 6.34. The normalized spacial score (nSPS) is 11.8. The topological polar surface area (TPSA) is 60.3 Å². The van der Waals surface area contributed by atoms with Gasteiger partial charge in [-0.25, -0.2) is 9.18 Å². The molecule has 0 spiro atoms. The van der Waals surface area contributed by atoms with E-state index in [2.05, 4.69) is 10.1 Å². The minimum atomic E-state index is -0.615. The summed E-state index contributed by atoms with van der Waals surface area (Å²) < 4.78 is 20.0. The van der Waals surface area contributed by atoms with Gasteiger partial charge in [0.05, 0.1) is 18.4 Å². The van der Waals surface area contributed by atoms with E-state index in [0.717, 1.165) is 6.07 Å². The van der Waals surface area contributed by atoms with Crippen LogP contribution in [-0.4, -0.2) is 23.6 Å². The zero-order valence-corrected chi connectivity index (χ0v) is 11.7. The van der Waals surface area contributed by atoms with E-state index < -0.39 is 17.8 Å². The number of amides is 1. The lowest BCUT2D eigenvalue weighted by atomic mass is 10.2. The minimum Gasteiger partial charge on any atom is -0.465 e. The van der Waals surface area contributed by atoms with E-state index in [1.54, 1.807) is 36.0 Å². The molecule has 0 aliphatic rings. The number of hydrogen-bond donors (Lipinski definition) is 1. The molecular weight excluding hydrogens is 275 g/mol. The highest BCUT2D eigenvalue weighted by Crippen LogP contribution is 2.19. The molecule has 21 heavy (non-hydrogen) atoms. The predicted octanol–water partition coefficient (Wildman–Crippen LogP) is 2.61. The molecule has 2 aromatic rings. The lowest BCUT2D eigenvalue weighted by Crippen LogP contribution is -2.23. The number of methoxy groups -OCH3 is 1. The van der Waals surface area contributed by atoms with Gasteiger partial charge in [0, 0.05) is 12.4 Å². The summed E-state index contributed by atoms with van der Waals surface area (Å²) in [5.41, 5.74) is 0.115. The minimum absolute atomic E-state index is 0.0538. The van der Waals surface area contributed by atoms with E-state index in [9.17, 15) is 14.0 Å². The van der Waals surface area contributed by atoms with Crippen LogP contribution in [0.5, 0.6) is 0 Å². The average Bonchev–Trinajstić information content (AvgIpc) is 3.02. The van der Waals surface area contributed by atoms with Gasteiger partial charge in [0.25, 0.3) is 0 Å². The number of anilines is 1. The van der Waals surface area contributed by atoms with Crippen molar-refractivity contribution in [3.8, 4) is 0 Å². The molecule has 0 bridgehead atoms. The lowest BCUT2D eigenvalue weighted by Gasteiger charge is -2.14. The number of nitrogens with zero attached hydrogens (tertiary/aromatic N) is 1. The largest absolute Gasteiger partial charge is 0.465 e. The fourth-order valence-corrected chi connectivity index (χ4v) is 1.84. The quantitative estimate of drug-likeness (QED) is 0.880. The molecular formula is C15H15FN2O3. The second-order valence-electron chi connectivity index (χ2n) is 4.48. The third-order valence-corrected chi connectivity index (χ3v) is 3.10. The molecule has 0 saturated carbocycles. The molecule has 110 valence electrons. The second kappa shape index (κ2) is 6.21. The fraction of sp³-hybridized carbons (Fsp3) is 0.200. The number of aromatic nitrogens is 1. The zero-order chi connectivity index (χ0) is 15.4.